The number of hydrogen-bond donors (Lipinski definition) is 2. The van der Waals surface area contributed by atoms with Crippen LogP contribution >= 0.6 is 0 Å². The maximum atomic E-state index is 9.57. The monoisotopic (exact) mass is 313 g/mol. The first kappa shape index (κ1) is 16.3. The van der Waals surface area contributed by atoms with Gasteiger partial charge in [-0.2, -0.15) is 0 Å². The minimum atomic E-state index is -0.431. The van der Waals surface area contributed by atoms with E-state index < -0.39 is 6.10 Å². The third-order valence-corrected chi connectivity index (χ3v) is 4.76. The van der Waals surface area contributed by atoms with Crippen molar-refractivity contribution < 1.29 is 9.52 Å². The highest BCUT2D eigenvalue weighted by molar-refractivity contribution is 5.58. The fourth-order valence-corrected chi connectivity index (χ4v) is 3.28. The van der Waals surface area contributed by atoms with E-state index in [1.807, 2.05) is 30.3 Å². The number of benzene rings is 1. The van der Waals surface area contributed by atoms with Crippen molar-refractivity contribution in [1.82, 2.24) is 5.32 Å². The van der Waals surface area contributed by atoms with Gasteiger partial charge in [0.15, 0.2) is 0 Å². The SMILES string of the molecule is C[C@@H](O)c1ccc(-c2ccc(CNC3CCCCCC3)o2)cc1. The van der Waals surface area contributed by atoms with Crippen LogP contribution in [0.3, 0.4) is 0 Å². The third kappa shape index (κ3) is 4.46. The van der Waals surface area contributed by atoms with Crippen LogP contribution in [0, 0.1) is 0 Å². The molecule has 124 valence electrons. The van der Waals surface area contributed by atoms with Gasteiger partial charge in [0, 0.05) is 11.6 Å². The van der Waals surface area contributed by atoms with Gasteiger partial charge < -0.3 is 14.8 Å². The average molecular weight is 313 g/mol. The smallest absolute Gasteiger partial charge is 0.134 e. The minimum Gasteiger partial charge on any atom is -0.460 e. The van der Waals surface area contributed by atoms with Gasteiger partial charge in [0.1, 0.15) is 11.5 Å². The first-order valence-electron chi connectivity index (χ1n) is 8.83. The number of aliphatic hydroxyl groups is 1. The number of nitrogens with one attached hydrogen (secondary N) is 1. The standard InChI is InChI=1S/C20H27NO2/c1-15(22)16-8-10-17(11-9-16)20-13-12-19(23-20)14-21-18-6-4-2-3-5-7-18/h8-13,15,18,21-22H,2-7,14H2,1H3/t15-/m1/s1. The molecule has 1 atom stereocenters. The molecule has 23 heavy (non-hydrogen) atoms. The van der Waals surface area contributed by atoms with E-state index in [2.05, 4.69) is 11.4 Å². The molecular formula is C20H27NO2. The minimum absolute atomic E-state index is 0.431. The van der Waals surface area contributed by atoms with Gasteiger partial charge in [0.25, 0.3) is 0 Å². The lowest BCUT2D eigenvalue weighted by Gasteiger charge is -2.14. The lowest BCUT2D eigenvalue weighted by molar-refractivity contribution is 0.199. The molecule has 2 N–H and O–H groups in total. The Morgan fingerprint density at radius 1 is 1.04 bits per heavy atom. The summed E-state index contributed by atoms with van der Waals surface area (Å²) in [5, 5.41) is 13.2. The number of aliphatic hydroxyl groups excluding tert-OH is 1. The second-order valence-electron chi connectivity index (χ2n) is 6.63. The van der Waals surface area contributed by atoms with Crippen LogP contribution in [0.5, 0.6) is 0 Å². The topological polar surface area (TPSA) is 45.4 Å². The maximum Gasteiger partial charge on any atom is 0.134 e. The molecule has 0 amide bonds. The second kappa shape index (κ2) is 7.80. The Bertz CT molecular complexity index is 592. The zero-order valence-corrected chi connectivity index (χ0v) is 13.9. The van der Waals surface area contributed by atoms with Gasteiger partial charge in [0.05, 0.1) is 12.6 Å². The van der Waals surface area contributed by atoms with Crippen molar-refractivity contribution in [2.75, 3.05) is 0 Å². The van der Waals surface area contributed by atoms with Crippen LogP contribution in [-0.2, 0) is 6.54 Å². The van der Waals surface area contributed by atoms with Crippen LogP contribution in [0.4, 0.5) is 0 Å². The quantitative estimate of drug-likeness (QED) is 0.778. The first-order chi connectivity index (χ1) is 11.2. The fourth-order valence-electron chi connectivity index (χ4n) is 3.28. The van der Waals surface area contributed by atoms with Gasteiger partial charge in [-0.3, -0.25) is 0 Å². The molecule has 3 nitrogen and oxygen atoms in total. The third-order valence-electron chi connectivity index (χ3n) is 4.76. The highest BCUT2D eigenvalue weighted by atomic mass is 16.3. The van der Waals surface area contributed by atoms with Crippen molar-refractivity contribution in [3.63, 3.8) is 0 Å². The van der Waals surface area contributed by atoms with Crippen molar-refractivity contribution in [2.45, 2.75) is 64.1 Å². The summed E-state index contributed by atoms with van der Waals surface area (Å²) in [7, 11) is 0. The van der Waals surface area contributed by atoms with Crippen LogP contribution in [0.25, 0.3) is 11.3 Å². The largest absolute Gasteiger partial charge is 0.460 e. The van der Waals surface area contributed by atoms with E-state index in [1.54, 1.807) is 6.92 Å². The maximum absolute atomic E-state index is 9.57. The molecule has 1 heterocycles. The van der Waals surface area contributed by atoms with Crippen LogP contribution in [0.2, 0.25) is 0 Å². The van der Waals surface area contributed by atoms with Crippen molar-refractivity contribution in [2.24, 2.45) is 0 Å². The zero-order chi connectivity index (χ0) is 16.1. The molecule has 0 aliphatic heterocycles. The summed E-state index contributed by atoms with van der Waals surface area (Å²) in [6, 6.07) is 12.6. The molecule has 1 aromatic carbocycles. The summed E-state index contributed by atoms with van der Waals surface area (Å²) >= 11 is 0. The Morgan fingerprint density at radius 2 is 1.74 bits per heavy atom. The number of furan rings is 1. The summed E-state index contributed by atoms with van der Waals surface area (Å²) < 4.78 is 5.97. The lowest BCUT2D eigenvalue weighted by Crippen LogP contribution is -2.27. The Morgan fingerprint density at radius 3 is 2.39 bits per heavy atom. The summed E-state index contributed by atoms with van der Waals surface area (Å²) in [4.78, 5) is 0. The van der Waals surface area contributed by atoms with E-state index in [0.29, 0.717) is 6.04 Å². The fraction of sp³-hybridized carbons (Fsp3) is 0.500. The van der Waals surface area contributed by atoms with E-state index in [4.69, 9.17) is 4.42 Å². The van der Waals surface area contributed by atoms with Gasteiger partial charge in [-0.1, -0.05) is 49.9 Å². The van der Waals surface area contributed by atoms with Gasteiger partial charge in [0.2, 0.25) is 0 Å². The molecule has 1 aliphatic rings. The van der Waals surface area contributed by atoms with E-state index in [-0.39, 0.29) is 0 Å². The molecule has 1 aliphatic carbocycles. The molecule has 0 saturated heterocycles. The molecule has 0 radical (unpaired) electrons. The van der Waals surface area contributed by atoms with Crippen molar-refractivity contribution in [1.29, 1.82) is 0 Å². The average Bonchev–Trinajstić information content (AvgIpc) is 2.88. The molecule has 0 unspecified atom stereocenters. The summed E-state index contributed by atoms with van der Waals surface area (Å²) in [5.41, 5.74) is 1.98. The number of rotatable bonds is 5. The Kier molecular flexibility index (Phi) is 5.52. The zero-order valence-electron chi connectivity index (χ0n) is 13.9. The van der Waals surface area contributed by atoms with Gasteiger partial charge >= 0.3 is 0 Å². The van der Waals surface area contributed by atoms with E-state index in [1.165, 1.54) is 38.5 Å². The van der Waals surface area contributed by atoms with Crippen molar-refractivity contribution in [3.05, 3.63) is 47.7 Å². The lowest BCUT2D eigenvalue weighted by atomic mass is 10.1. The summed E-state index contributed by atoms with van der Waals surface area (Å²) in [6.45, 7) is 2.58. The van der Waals surface area contributed by atoms with Crippen molar-refractivity contribution >= 4 is 0 Å². The van der Waals surface area contributed by atoms with E-state index >= 15 is 0 Å². The first-order valence-corrected chi connectivity index (χ1v) is 8.83. The molecule has 2 aromatic rings. The summed E-state index contributed by atoms with van der Waals surface area (Å²) in [5.74, 6) is 1.88. The normalized spacial score (nSPS) is 17.8. The molecule has 0 spiro atoms. The Balaban J connectivity index is 1.59. The Labute approximate surface area is 138 Å². The molecule has 1 saturated carbocycles. The predicted molar refractivity (Wildman–Crippen MR) is 93.1 cm³/mol. The molecule has 0 bridgehead atoms. The molecule has 1 aromatic heterocycles. The van der Waals surface area contributed by atoms with Crippen LogP contribution < -0.4 is 5.32 Å². The van der Waals surface area contributed by atoms with E-state index in [0.717, 1.165) is 29.2 Å². The van der Waals surface area contributed by atoms with Gasteiger partial charge in [-0.05, 0) is 37.5 Å². The van der Waals surface area contributed by atoms with E-state index in [9.17, 15) is 5.11 Å². The van der Waals surface area contributed by atoms with Crippen LogP contribution in [0.1, 0.15) is 62.9 Å². The molecule has 3 rings (SSSR count). The highest BCUT2D eigenvalue weighted by Gasteiger charge is 2.12. The Hall–Kier alpha value is -1.58. The second-order valence-corrected chi connectivity index (χ2v) is 6.63. The van der Waals surface area contributed by atoms with Gasteiger partial charge in [-0.25, -0.2) is 0 Å². The van der Waals surface area contributed by atoms with Crippen LogP contribution in [-0.4, -0.2) is 11.1 Å². The number of hydrogen-bond acceptors (Lipinski definition) is 3. The molecule has 3 heteroatoms. The van der Waals surface area contributed by atoms with Crippen molar-refractivity contribution in [3.8, 4) is 11.3 Å². The summed E-state index contributed by atoms with van der Waals surface area (Å²) in [6.07, 6.45) is 7.59. The molecule has 1 fully saturated rings. The van der Waals surface area contributed by atoms with Crippen LogP contribution in [0.15, 0.2) is 40.8 Å². The van der Waals surface area contributed by atoms with Gasteiger partial charge in [-0.15, -0.1) is 0 Å². The molecular weight excluding hydrogens is 286 g/mol. The predicted octanol–water partition coefficient (Wildman–Crippen LogP) is 4.81. The highest BCUT2D eigenvalue weighted by Crippen LogP contribution is 2.24.